The normalized spacial score (nSPS) is 15.8. The number of hydrogen-bond donors (Lipinski definition) is 0. The van der Waals surface area contributed by atoms with Gasteiger partial charge in [-0.3, -0.25) is 0 Å². The third-order valence-electron chi connectivity index (χ3n) is 2.89. The Bertz CT molecular complexity index is 128. The summed E-state index contributed by atoms with van der Waals surface area (Å²) in [6.07, 6.45) is 1.20. The van der Waals surface area contributed by atoms with Gasteiger partial charge in [0.15, 0.2) is 0 Å². The van der Waals surface area contributed by atoms with Crippen LogP contribution < -0.4 is 0 Å². The molecular weight excluding hydrogens is 148 g/mol. The van der Waals surface area contributed by atoms with E-state index < -0.39 is 0 Å². The maximum absolute atomic E-state index is 2.28. The summed E-state index contributed by atoms with van der Waals surface area (Å²) in [5, 5.41) is 0. The second kappa shape index (κ2) is 4.24. The van der Waals surface area contributed by atoms with Crippen LogP contribution in [0, 0.1) is 0 Å². The lowest BCUT2D eigenvalue weighted by atomic mass is 9.94. The molecule has 0 aromatic carbocycles. The van der Waals surface area contributed by atoms with Gasteiger partial charge >= 0.3 is 0 Å². The first-order chi connectivity index (χ1) is 5.27. The molecule has 0 aromatic heterocycles. The second-order valence-corrected chi connectivity index (χ2v) is 4.72. The Morgan fingerprint density at radius 3 is 1.75 bits per heavy atom. The average molecular weight is 172 g/mol. The molecule has 0 aromatic rings. The van der Waals surface area contributed by atoms with Gasteiger partial charge in [0.2, 0.25) is 0 Å². The highest BCUT2D eigenvalue weighted by molar-refractivity contribution is 4.81. The molecule has 0 radical (unpaired) electrons. The van der Waals surface area contributed by atoms with Crippen molar-refractivity contribution >= 4 is 0 Å². The molecule has 0 heterocycles. The first kappa shape index (κ1) is 11.9. The standard InChI is InChI=1S/C10H24N2/c1-9(11(4)5)8-10(2,3)12(6)7/h9H,8H2,1-7H3. The molecule has 0 amide bonds. The smallest absolute Gasteiger partial charge is 0.0161 e. The highest BCUT2D eigenvalue weighted by atomic mass is 15.2. The molecule has 0 saturated carbocycles. The highest BCUT2D eigenvalue weighted by Crippen LogP contribution is 2.18. The predicted octanol–water partition coefficient (Wildman–Crippen LogP) is 1.67. The van der Waals surface area contributed by atoms with Crippen LogP contribution in [0.2, 0.25) is 0 Å². The topological polar surface area (TPSA) is 6.48 Å². The highest BCUT2D eigenvalue weighted by Gasteiger charge is 2.23. The molecule has 2 nitrogen and oxygen atoms in total. The summed E-state index contributed by atoms with van der Waals surface area (Å²) in [5.41, 5.74) is 0.295. The number of rotatable bonds is 4. The molecule has 0 spiro atoms. The van der Waals surface area contributed by atoms with Gasteiger partial charge in [0.25, 0.3) is 0 Å². The summed E-state index contributed by atoms with van der Waals surface area (Å²) in [5.74, 6) is 0. The SMILES string of the molecule is CC(CC(C)(C)N(C)C)N(C)C. The minimum absolute atomic E-state index is 0.295. The third-order valence-corrected chi connectivity index (χ3v) is 2.89. The summed E-state index contributed by atoms with van der Waals surface area (Å²) in [6.45, 7) is 6.84. The van der Waals surface area contributed by atoms with E-state index in [2.05, 4.69) is 58.8 Å². The van der Waals surface area contributed by atoms with Crippen LogP contribution in [0.25, 0.3) is 0 Å². The van der Waals surface area contributed by atoms with Crippen molar-refractivity contribution < 1.29 is 0 Å². The molecule has 12 heavy (non-hydrogen) atoms. The van der Waals surface area contributed by atoms with Crippen molar-refractivity contribution in [2.75, 3.05) is 28.2 Å². The van der Waals surface area contributed by atoms with E-state index in [-0.39, 0.29) is 0 Å². The first-order valence-corrected chi connectivity index (χ1v) is 4.61. The molecule has 0 aliphatic carbocycles. The van der Waals surface area contributed by atoms with Gasteiger partial charge in [-0.2, -0.15) is 0 Å². The van der Waals surface area contributed by atoms with Crippen molar-refractivity contribution in [1.82, 2.24) is 9.80 Å². The third kappa shape index (κ3) is 3.55. The Morgan fingerprint density at radius 2 is 1.50 bits per heavy atom. The summed E-state index contributed by atoms with van der Waals surface area (Å²) < 4.78 is 0. The quantitative estimate of drug-likeness (QED) is 0.636. The van der Waals surface area contributed by atoms with Crippen LogP contribution in [0.3, 0.4) is 0 Å². The van der Waals surface area contributed by atoms with Gasteiger partial charge in [0, 0.05) is 11.6 Å². The van der Waals surface area contributed by atoms with Crippen molar-refractivity contribution in [3.05, 3.63) is 0 Å². The molecule has 74 valence electrons. The summed E-state index contributed by atoms with van der Waals surface area (Å²) >= 11 is 0. The van der Waals surface area contributed by atoms with Gasteiger partial charge in [0.05, 0.1) is 0 Å². The minimum atomic E-state index is 0.295. The molecule has 0 aliphatic heterocycles. The van der Waals surface area contributed by atoms with Gasteiger partial charge in [-0.05, 0) is 55.4 Å². The average Bonchev–Trinajstić information content (AvgIpc) is 1.85. The van der Waals surface area contributed by atoms with E-state index in [9.17, 15) is 0 Å². The summed E-state index contributed by atoms with van der Waals surface area (Å²) in [7, 11) is 8.55. The van der Waals surface area contributed by atoms with Crippen LogP contribution in [0.5, 0.6) is 0 Å². The fourth-order valence-corrected chi connectivity index (χ4v) is 1.09. The van der Waals surface area contributed by atoms with Crippen LogP contribution >= 0.6 is 0 Å². The van der Waals surface area contributed by atoms with E-state index in [0.29, 0.717) is 11.6 Å². The zero-order valence-electron chi connectivity index (χ0n) is 9.68. The molecular formula is C10H24N2. The maximum Gasteiger partial charge on any atom is 0.0161 e. The minimum Gasteiger partial charge on any atom is -0.307 e. The molecule has 2 heteroatoms. The van der Waals surface area contributed by atoms with Crippen LogP contribution in [-0.2, 0) is 0 Å². The molecule has 0 saturated heterocycles. The van der Waals surface area contributed by atoms with Crippen LogP contribution in [-0.4, -0.2) is 49.6 Å². The van der Waals surface area contributed by atoms with Crippen molar-refractivity contribution in [2.45, 2.75) is 38.8 Å². The maximum atomic E-state index is 2.28. The van der Waals surface area contributed by atoms with Gasteiger partial charge in [0.1, 0.15) is 0 Å². The van der Waals surface area contributed by atoms with E-state index in [4.69, 9.17) is 0 Å². The second-order valence-electron chi connectivity index (χ2n) is 4.72. The Morgan fingerprint density at radius 1 is 1.08 bits per heavy atom. The Labute approximate surface area is 77.5 Å². The van der Waals surface area contributed by atoms with Crippen molar-refractivity contribution in [3.63, 3.8) is 0 Å². The van der Waals surface area contributed by atoms with Gasteiger partial charge in [-0.1, -0.05) is 0 Å². The predicted molar refractivity (Wildman–Crippen MR) is 55.5 cm³/mol. The summed E-state index contributed by atoms with van der Waals surface area (Å²) in [4.78, 5) is 4.55. The molecule has 1 atom stereocenters. The zero-order valence-corrected chi connectivity index (χ0v) is 9.68. The largest absolute Gasteiger partial charge is 0.307 e. The molecule has 0 rings (SSSR count). The fourth-order valence-electron chi connectivity index (χ4n) is 1.09. The fraction of sp³-hybridized carbons (Fsp3) is 1.00. The lowest BCUT2D eigenvalue weighted by Gasteiger charge is -2.36. The van der Waals surface area contributed by atoms with Gasteiger partial charge in [-0.15, -0.1) is 0 Å². The van der Waals surface area contributed by atoms with E-state index in [1.54, 1.807) is 0 Å². The summed E-state index contributed by atoms with van der Waals surface area (Å²) in [6, 6.07) is 0.641. The molecule has 0 N–H and O–H groups in total. The Balaban J connectivity index is 4.05. The monoisotopic (exact) mass is 172 g/mol. The number of hydrogen-bond acceptors (Lipinski definition) is 2. The molecule has 1 unspecified atom stereocenters. The van der Waals surface area contributed by atoms with Crippen LogP contribution in [0.15, 0.2) is 0 Å². The Kier molecular flexibility index (Phi) is 4.21. The van der Waals surface area contributed by atoms with Crippen molar-refractivity contribution in [1.29, 1.82) is 0 Å². The Hall–Kier alpha value is -0.0800. The van der Waals surface area contributed by atoms with E-state index in [1.807, 2.05) is 0 Å². The van der Waals surface area contributed by atoms with Gasteiger partial charge in [-0.25, -0.2) is 0 Å². The van der Waals surface area contributed by atoms with Crippen LogP contribution in [0.1, 0.15) is 27.2 Å². The zero-order chi connectivity index (χ0) is 9.94. The van der Waals surface area contributed by atoms with E-state index in [0.717, 1.165) is 0 Å². The van der Waals surface area contributed by atoms with Crippen molar-refractivity contribution in [2.24, 2.45) is 0 Å². The van der Waals surface area contributed by atoms with Crippen LogP contribution in [0.4, 0.5) is 0 Å². The molecule has 0 aliphatic rings. The lowest BCUT2D eigenvalue weighted by Crippen LogP contribution is -2.43. The van der Waals surface area contributed by atoms with E-state index >= 15 is 0 Å². The van der Waals surface area contributed by atoms with E-state index in [1.165, 1.54) is 6.42 Å². The number of nitrogens with zero attached hydrogens (tertiary/aromatic N) is 2. The molecule has 0 fully saturated rings. The lowest BCUT2D eigenvalue weighted by molar-refractivity contribution is 0.138. The van der Waals surface area contributed by atoms with Crippen molar-refractivity contribution in [3.8, 4) is 0 Å². The first-order valence-electron chi connectivity index (χ1n) is 4.61. The van der Waals surface area contributed by atoms with Gasteiger partial charge < -0.3 is 9.80 Å². The molecule has 0 bridgehead atoms.